The summed E-state index contributed by atoms with van der Waals surface area (Å²) in [6.07, 6.45) is 0. The van der Waals surface area contributed by atoms with Crippen LogP contribution in [0.15, 0.2) is 48.5 Å². The molecule has 0 aromatic heterocycles. The Labute approximate surface area is 130 Å². The predicted octanol–water partition coefficient (Wildman–Crippen LogP) is 3.10. The van der Waals surface area contributed by atoms with Gasteiger partial charge in [-0.15, -0.1) is 0 Å². The smallest absolute Gasteiger partial charge is 0.216 e. The highest BCUT2D eigenvalue weighted by Crippen LogP contribution is 2.23. The lowest BCUT2D eigenvalue weighted by Crippen LogP contribution is -2.28. The van der Waals surface area contributed by atoms with Gasteiger partial charge in [0.05, 0.1) is 5.75 Å². The minimum absolute atomic E-state index is 0.0952. The fraction of sp³-hybridized carbons (Fsp3) is 0.200. The van der Waals surface area contributed by atoms with Gasteiger partial charge in [0.15, 0.2) is 0 Å². The molecule has 0 aliphatic heterocycles. The van der Waals surface area contributed by atoms with Gasteiger partial charge in [-0.1, -0.05) is 41.9 Å². The van der Waals surface area contributed by atoms with Crippen molar-refractivity contribution in [1.82, 2.24) is 4.72 Å². The number of benzene rings is 2. The third-order valence-corrected chi connectivity index (χ3v) is 4.83. The molecule has 0 saturated carbocycles. The quantitative estimate of drug-likeness (QED) is 0.830. The maximum absolute atomic E-state index is 12.2. The van der Waals surface area contributed by atoms with E-state index in [0.717, 1.165) is 5.56 Å². The van der Waals surface area contributed by atoms with E-state index in [1.807, 2.05) is 6.07 Å². The van der Waals surface area contributed by atoms with Crippen LogP contribution in [0.4, 0.5) is 5.69 Å². The lowest BCUT2D eigenvalue weighted by Gasteiger charge is -2.16. The summed E-state index contributed by atoms with van der Waals surface area (Å²) >= 11 is 6.08. The number of anilines is 1. The van der Waals surface area contributed by atoms with Crippen molar-refractivity contribution in [3.8, 4) is 0 Å². The standard InChI is InChI=1S/C15H17ClN2O2S/c1-11(14-4-2-3-5-15(14)16)18-21(19,20)10-12-6-8-13(17)9-7-12/h2-9,11,18H,10,17H2,1H3. The molecule has 1 unspecified atom stereocenters. The van der Waals surface area contributed by atoms with E-state index in [9.17, 15) is 8.42 Å². The molecular weight excluding hydrogens is 308 g/mol. The maximum Gasteiger partial charge on any atom is 0.216 e. The first kappa shape index (κ1) is 15.8. The zero-order valence-corrected chi connectivity index (χ0v) is 13.2. The Balaban J connectivity index is 2.10. The first-order valence-corrected chi connectivity index (χ1v) is 8.49. The van der Waals surface area contributed by atoms with Gasteiger partial charge in [0.1, 0.15) is 0 Å². The molecule has 112 valence electrons. The van der Waals surface area contributed by atoms with Crippen LogP contribution in [-0.4, -0.2) is 8.42 Å². The number of rotatable bonds is 5. The number of sulfonamides is 1. The minimum Gasteiger partial charge on any atom is -0.399 e. The maximum atomic E-state index is 12.2. The van der Waals surface area contributed by atoms with Gasteiger partial charge in [-0.2, -0.15) is 0 Å². The van der Waals surface area contributed by atoms with Crippen LogP contribution in [0.5, 0.6) is 0 Å². The Morgan fingerprint density at radius 3 is 2.38 bits per heavy atom. The number of hydrogen-bond acceptors (Lipinski definition) is 3. The van der Waals surface area contributed by atoms with Crippen molar-refractivity contribution in [2.45, 2.75) is 18.7 Å². The second-order valence-electron chi connectivity index (χ2n) is 4.86. The molecule has 1 atom stereocenters. The predicted molar refractivity (Wildman–Crippen MR) is 86.5 cm³/mol. The third kappa shape index (κ3) is 4.46. The van der Waals surface area contributed by atoms with Crippen LogP contribution in [-0.2, 0) is 15.8 Å². The largest absolute Gasteiger partial charge is 0.399 e. The fourth-order valence-corrected chi connectivity index (χ4v) is 3.71. The van der Waals surface area contributed by atoms with E-state index in [0.29, 0.717) is 16.3 Å². The third-order valence-electron chi connectivity index (χ3n) is 3.06. The molecule has 0 spiro atoms. The Morgan fingerprint density at radius 1 is 1.14 bits per heavy atom. The SMILES string of the molecule is CC(NS(=O)(=O)Cc1ccc(N)cc1)c1ccccc1Cl. The van der Waals surface area contributed by atoms with Crippen LogP contribution in [0.2, 0.25) is 5.02 Å². The average molecular weight is 325 g/mol. The molecule has 0 heterocycles. The average Bonchev–Trinajstić information content (AvgIpc) is 2.41. The molecule has 0 aliphatic rings. The van der Waals surface area contributed by atoms with Crippen molar-refractivity contribution < 1.29 is 8.42 Å². The summed E-state index contributed by atoms with van der Waals surface area (Å²) in [5.41, 5.74) is 7.62. The lowest BCUT2D eigenvalue weighted by atomic mass is 10.1. The second kappa shape index (κ2) is 6.47. The summed E-state index contributed by atoms with van der Waals surface area (Å²) in [5.74, 6) is -0.0952. The van der Waals surface area contributed by atoms with E-state index in [1.165, 1.54) is 0 Å². The molecule has 4 nitrogen and oxygen atoms in total. The molecule has 6 heteroatoms. The first-order valence-electron chi connectivity index (χ1n) is 6.46. The normalized spacial score (nSPS) is 13.0. The van der Waals surface area contributed by atoms with E-state index >= 15 is 0 Å². The summed E-state index contributed by atoms with van der Waals surface area (Å²) < 4.78 is 27.0. The molecule has 0 amide bonds. The number of hydrogen-bond donors (Lipinski definition) is 2. The van der Waals surface area contributed by atoms with Gasteiger partial charge in [-0.25, -0.2) is 13.1 Å². The van der Waals surface area contributed by atoms with Crippen LogP contribution in [0.1, 0.15) is 24.1 Å². The first-order chi connectivity index (χ1) is 9.87. The molecule has 3 N–H and O–H groups in total. The number of halogens is 1. The van der Waals surface area contributed by atoms with Crippen molar-refractivity contribution in [3.63, 3.8) is 0 Å². The highest BCUT2D eigenvalue weighted by molar-refractivity contribution is 7.88. The Hall–Kier alpha value is -1.56. The summed E-state index contributed by atoms with van der Waals surface area (Å²) in [5, 5.41) is 0.542. The van der Waals surface area contributed by atoms with Crippen molar-refractivity contribution in [3.05, 3.63) is 64.7 Å². The fourth-order valence-electron chi connectivity index (χ4n) is 2.03. The monoisotopic (exact) mass is 324 g/mol. The molecule has 2 rings (SSSR count). The van der Waals surface area contributed by atoms with Crippen LogP contribution >= 0.6 is 11.6 Å². The molecule has 0 bridgehead atoms. The number of nitrogens with one attached hydrogen (secondary N) is 1. The molecule has 0 fully saturated rings. The molecule has 2 aromatic rings. The number of nitrogen functional groups attached to an aromatic ring is 1. The Kier molecular flexibility index (Phi) is 4.88. The van der Waals surface area contributed by atoms with Gasteiger partial charge in [-0.3, -0.25) is 0 Å². The molecule has 2 aromatic carbocycles. The van der Waals surface area contributed by atoms with Gasteiger partial charge < -0.3 is 5.73 Å². The van der Waals surface area contributed by atoms with E-state index in [2.05, 4.69) is 4.72 Å². The van der Waals surface area contributed by atoms with Gasteiger partial charge >= 0.3 is 0 Å². The van der Waals surface area contributed by atoms with E-state index in [4.69, 9.17) is 17.3 Å². The molecule has 21 heavy (non-hydrogen) atoms. The van der Waals surface area contributed by atoms with Crippen LogP contribution < -0.4 is 10.5 Å². The highest BCUT2D eigenvalue weighted by Gasteiger charge is 2.18. The molecule has 0 radical (unpaired) electrons. The minimum atomic E-state index is -3.46. The van der Waals surface area contributed by atoms with Gasteiger partial charge in [-0.05, 0) is 36.2 Å². The van der Waals surface area contributed by atoms with Crippen LogP contribution in [0.25, 0.3) is 0 Å². The molecular formula is C15H17ClN2O2S. The van der Waals surface area contributed by atoms with Crippen molar-refractivity contribution in [2.75, 3.05) is 5.73 Å². The lowest BCUT2D eigenvalue weighted by molar-refractivity contribution is 0.566. The zero-order chi connectivity index (χ0) is 15.5. The summed E-state index contributed by atoms with van der Waals surface area (Å²) in [7, 11) is -3.46. The van der Waals surface area contributed by atoms with E-state index in [-0.39, 0.29) is 5.75 Å². The zero-order valence-electron chi connectivity index (χ0n) is 11.6. The van der Waals surface area contributed by atoms with Crippen LogP contribution in [0, 0.1) is 0 Å². The van der Waals surface area contributed by atoms with Crippen molar-refractivity contribution in [2.24, 2.45) is 0 Å². The summed E-state index contributed by atoms with van der Waals surface area (Å²) in [4.78, 5) is 0. The summed E-state index contributed by atoms with van der Waals surface area (Å²) in [6, 6.07) is 13.6. The highest BCUT2D eigenvalue weighted by atomic mass is 35.5. The van der Waals surface area contributed by atoms with Crippen molar-refractivity contribution in [1.29, 1.82) is 0 Å². The second-order valence-corrected chi connectivity index (χ2v) is 7.02. The Bertz CT molecular complexity index is 715. The van der Waals surface area contributed by atoms with E-state index < -0.39 is 16.1 Å². The van der Waals surface area contributed by atoms with E-state index in [1.54, 1.807) is 49.4 Å². The van der Waals surface area contributed by atoms with Crippen molar-refractivity contribution >= 4 is 27.3 Å². The van der Waals surface area contributed by atoms with Crippen LogP contribution in [0.3, 0.4) is 0 Å². The summed E-state index contributed by atoms with van der Waals surface area (Å²) in [6.45, 7) is 1.77. The van der Waals surface area contributed by atoms with Gasteiger partial charge in [0.2, 0.25) is 10.0 Å². The Morgan fingerprint density at radius 2 is 1.76 bits per heavy atom. The molecule has 0 aliphatic carbocycles. The van der Waals surface area contributed by atoms with Gasteiger partial charge in [0.25, 0.3) is 0 Å². The number of nitrogens with two attached hydrogens (primary N) is 1. The topological polar surface area (TPSA) is 72.2 Å². The molecule has 0 saturated heterocycles. The van der Waals surface area contributed by atoms with Gasteiger partial charge in [0, 0.05) is 16.8 Å².